The van der Waals surface area contributed by atoms with Crippen LogP contribution in [0.5, 0.6) is 0 Å². The van der Waals surface area contributed by atoms with Crippen LogP contribution in [0, 0.1) is 6.92 Å². The molecule has 0 fully saturated rings. The highest BCUT2D eigenvalue weighted by molar-refractivity contribution is 5.47. The number of pyridine rings is 1. The number of hydrogen-bond donors (Lipinski definition) is 2. The van der Waals surface area contributed by atoms with Gasteiger partial charge in [0, 0.05) is 24.5 Å². The fourth-order valence-electron chi connectivity index (χ4n) is 1.74. The minimum absolute atomic E-state index is 0.101. The van der Waals surface area contributed by atoms with Crippen LogP contribution in [0.25, 0.3) is 0 Å². The van der Waals surface area contributed by atoms with Crippen LogP contribution < -0.4 is 10.6 Å². The molecule has 0 aliphatic rings. The summed E-state index contributed by atoms with van der Waals surface area (Å²) in [6.07, 6.45) is 3.61. The molecule has 2 N–H and O–H groups in total. The second-order valence-electron chi connectivity index (χ2n) is 4.38. The number of anilines is 2. The molecule has 5 nitrogen and oxygen atoms in total. The van der Waals surface area contributed by atoms with Crippen molar-refractivity contribution in [2.45, 2.75) is 26.8 Å². The van der Waals surface area contributed by atoms with Gasteiger partial charge in [-0.3, -0.25) is 4.98 Å². The summed E-state index contributed by atoms with van der Waals surface area (Å²) in [6, 6.07) is 6.00. The smallest absolute Gasteiger partial charge is 0.224 e. The second kappa shape index (κ2) is 6.13. The Morgan fingerprint density at radius 1 is 1.26 bits per heavy atom. The van der Waals surface area contributed by atoms with Crippen LogP contribution in [0.1, 0.15) is 31.1 Å². The molecule has 2 rings (SSSR count). The standard InChI is InChI=1S/C14H19N5/c1-4-15-14-17-9-10(2)13(19-14)18-11(3)12-7-5-6-8-16-12/h5-9,11H,4H2,1-3H3,(H2,15,17,18,19). The minimum Gasteiger partial charge on any atom is -0.362 e. The molecule has 0 spiro atoms. The van der Waals surface area contributed by atoms with Crippen molar-refractivity contribution in [3.8, 4) is 0 Å². The first-order chi connectivity index (χ1) is 9.20. The zero-order valence-corrected chi connectivity index (χ0v) is 11.5. The van der Waals surface area contributed by atoms with Crippen molar-refractivity contribution >= 4 is 11.8 Å². The summed E-state index contributed by atoms with van der Waals surface area (Å²) < 4.78 is 0. The highest BCUT2D eigenvalue weighted by atomic mass is 15.1. The van der Waals surface area contributed by atoms with Gasteiger partial charge in [0.15, 0.2) is 0 Å². The van der Waals surface area contributed by atoms with E-state index < -0.39 is 0 Å². The van der Waals surface area contributed by atoms with Crippen molar-refractivity contribution in [2.24, 2.45) is 0 Å². The van der Waals surface area contributed by atoms with Crippen molar-refractivity contribution < 1.29 is 0 Å². The summed E-state index contributed by atoms with van der Waals surface area (Å²) in [5, 5.41) is 6.48. The molecule has 5 heteroatoms. The molecule has 19 heavy (non-hydrogen) atoms. The summed E-state index contributed by atoms with van der Waals surface area (Å²) in [5.74, 6) is 1.48. The van der Waals surface area contributed by atoms with E-state index in [1.165, 1.54) is 0 Å². The molecule has 0 saturated carbocycles. The van der Waals surface area contributed by atoms with Crippen molar-refractivity contribution in [2.75, 3.05) is 17.2 Å². The third-order valence-electron chi connectivity index (χ3n) is 2.79. The van der Waals surface area contributed by atoms with Crippen molar-refractivity contribution in [3.05, 3.63) is 41.9 Å². The number of hydrogen-bond acceptors (Lipinski definition) is 5. The highest BCUT2D eigenvalue weighted by Gasteiger charge is 2.09. The topological polar surface area (TPSA) is 62.7 Å². The van der Waals surface area contributed by atoms with E-state index >= 15 is 0 Å². The van der Waals surface area contributed by atoms with E-state index in [-0.39, 0.29) is 6.04 Å². The molecule has 0 aliphatic heterocycles. The predicted octanol–water partition coefficient (Wildman–Crippen LogP) is 2.78. The van der Waals surface area contributed by atoms with E-state index in [0.29, 0.717) is 5.95 Å². The maximum Gasteiger partial charge on any atom is 0.224 e. The summed E-state index contributed by atoms with van der Waals surface area (Å²) in [5.41, 5.74) is 2.01. The summed E-state index contributed by atoms with van der Waals surface area (Å²) in [6.45, 7) is 6.88. The monoisotopic (exact) mass is 257 g/mol. The number of nitrogens with zero attached hydrogens (tertiary/aromatic N) is 3. The molecule has 1 unspecified atom stereocenters. The largest absolute Gasteiger partial charge is 0.362 e. The van der Waals surface area contributed by atoms with Gasteiger partial charge in [-0.25, -0.2) is 4.98 Å². The van der Waals surface area contributed by atoms with Gasteiger partial charge in [-0.1, -0.05) is 6.07 Å². The molecule has 0 radical (unpaired) electrons. The van der Waals surface area contributed by atoms with Crippen LogP contribution in [-0.2, 0) is 0 Å². The third kappa shape index (κ3) is 3.40. The predicted molar refractivity (Wildman–Crippen MR) is 77.2 cm³/mol. The highest BCUT2D eigenvalue weighted by Crippen LogP contribution is 2.19. The van der Waals surface area contributed by atoms with E-state index in [9.17, 15) is 0 Å². The average molecular weight is 257 g/mol. The van der Waals surface area contributed by atoms with Gasteiger partial charge in [0.1, 0.15) is 5.82 Å². The van der Waals surface area contributed by atoms with E-state index in [1.54, 1.807) is 6.20 Å². The lowest BCUT2D eigenvalue weighted by molar-refractivity contribution is 0.827. The Bertz CT molecular complexity index is 527. The first-order valence-electron chi connectivity index (χ1n) is 6.45. The maximum absolute atomic E-state index is 4.47. The van der Waals surface area contributed by atoms with Crippen molar-refractivity contribution in [3.63, 3.8) is 0 Å². The first-order valence-corrected chi connectivity index (χ1v) is 6.45. The first kappa shape index (κ1) is 13.3. The fraction of sp³-hybridized carbons (Fsp3) is 0.357. The van der Waals surface area contributed by atoms with E-state index in [2.05, 4.69) is 32.5 Å². The van der Waals surface area contributed by atoms with E-state index in [4.69, 9.17) is 0 Å². The number of aryl methyl sites for hydroxylation is 1. The van der Waals surface area contributed by atoms with Gasteiger partial charge in [-0.15, -0.1) is 0 Å². The molecule has 0 saturated heterocycles. The molecule has 0 aliphatic carbocycles. The Balaban J connectivity index is 2.16. The van der Waals surface area contributed by atoms with Gasteiger partial charge < -0.3 is 10.6 Å². The van der Waals surface area contributed by atoms with Crippen molar-refractivity contribution in [1.82, 2.24) is 15.0 Å². The van der Waals surface area contributed by atoms with Crippen LogP contribution in [-0.4, -0.2) is 21.5 Å². The quantitative estimate of drug-likeness (QED) is 0.862. The molecule has 100 valence electrons. The molecular formula is C14H19N5. The van der Waals surface area contributed by atoms with Crippen molar-refractivity contribution in [1.29, 1.82) is 0 Å². The van der Waals surface area contributed by atoms with Gasteiger partial charge in [0.05, 0.1) is 11.7 Å². The Kier molecular flexibility index (Phi) is 4.28. The zero-order valence-electron chi connectivity index (χ0n) is 11.5. The lowest BCUT2D eigenvalue weighted by Gasteiger charge is -2.16. The van der Waals surface area contributed by atoms with Gasteiger partial charge >= 0.3 is 0 Å². The van der Waals surface area contributed by atoms with E-state index in [1.807, 2.05) is 38.2 Å². The third-order valence-corrected chi connectivity index (χ3v) is 2.79. The minimum atomic E-state index is 0.101. The van der Waals surface area contributed by atoms with E-state index in [0.717, 1.165) is 23.6 Å². The Morgan fingerprint density at radius 2 is 2.11 bits per heavy atom. The SMILES string of the molecule is CCNc1ncc(C)c(NC(C)c2ccccn2)n1. The molecule has 0 aromatic carbocycles. The lowest BCUT2D eigenvalue weighted by Crippen LogP contribution is -2.12. The van der Waals surface area contributed by atoms with Gasteiger partial charge in [-0.2, -0.15) is 4.98 Å². The van der Waals surface area contributed by atoms with Gasteiger partial charge in [-0.05, 0) is 32.9 Å². The second-order valence-corrected chi connectivity index (χ2v) is 4.38. The number of aromatic nitrogens is 3. The molecule has 2 aromatic heterocycles. The van der Waals surface area contributed by atoms with Crippen LogP contribution in [0.2, 0.25) is 0 Å². The zero-order chi connectivity index (χ0) is 13.7. The molecule has 2 aromatic rings. The van der Waals surface area contributed by atoms with Crippen LogP contribution >= 0.6 is 0 Å². The molecule has 2 heterocycles. The number of nitrogens with one attached hydrogen (secondary N) is 2. The Hall–Kier alpha value is -2.17. The molecule has 1 atom stereocenters. The molecular weight excluding hydrogens is 238 g/mol. The van der Waals surface area contributed by atoms with Crippen LogP contribution in [0.3, 0.4) is 0 Å². The summed E-state index contributed by atoms with van der Waals surface area (Å²) >= 11 is 0. The molecule has 0 amide bonds. The van der Waals surface area contributed by atoms with Crippen LogP contribution in [0.15, 0.2) is 30.6 Å². The fourth-order valence-corrected chi connectivity index (χ4v) is 1.74. The van der Waals surface area contributed by atoms with Crippen LogP contribution in [0.4, 0.5) is 11.8 Å². The normalized spacial score (nSPS) is 11.9. The Morgan fingerprint density at radius 3 is 2.79 bits per heavy atom. The lowest BCUT2D eigenvalue weighted by atomic mass is 10.2. The average Bonchev–Trinajstić information content (AvgIpc) is 2.44. The summed E-state index contributed by atoms with van der Waals surface area (Å²) in [4.78, 5) is 13.0. The van der Waals surface area contributed by atoms with Gasteiger partial charge in [0.25, 0.3) is 0 Å². The Labute approximate surface area is 113 Å². The van der Waals surface area contributed by atoms with Gasteiger partial charge in [0.2, 0.25) is 5.95 Å². The molecule has 0 bridgehead atoms. The number of rotatable bonds is 5. The maximum atomic E-state index is 4.47. The summed E-state index contributed by atoms with van der Waals surface area (Å²) in [7, 11) is 0.